The van der Waals surface area contributed by atoms with Crippen molar-refractivity contribution in [2.75, 3.05) is 0 Å². The van der Waals surface area contributed by atoms with Gasteiger partial charge >= 0.3 is 0 Å². The summed E-state index contributed by atoms with van der Waals surface area (Å²) in [5.74, 6) is -0.234. The molecule has 3 heteroatoms. The first-order chi connectivity index (χ1) is 7.63. The first kappa shape index (κ1) is 13.5. The average molecular weight is 244 g/mol. The lowest BCUT2D eigenvalue weighted by atomic mass is 10.1. The van der Waals surface area contributed by atoms with E-state index in [1.165, 1.54) is 25.0 Å². The molecule has 16 heavy (non-hydrogen) atoms. The number of unbranched alkanes of at least 4 members (excludes halogenated alkanes) is 1. The van der Waals surface area contributed by atoms with Crippen molar-refractivity contribution in [1.29, 1.82) is 0 Å². The third kappa shape index (κ3) is 4.50. The minimum Gasteiger partial charge on any atom is -0.310 e. The standard InChI is InChI=1S/C13H19ClFN/c1-3-4-5-10(2)16-9-11-8-12(15)6-7-13(11)14/h6-8,10,16H,3-5,9H2,1-2H3. The van der Waals surface area contributed by atoms with Gasteiger partial charge < -0.3 is 5.32 Å². The summed E-state index contributed by atoms with van der Waals surface area (Å²) < 4.78 is 13.0. The van der Waals surface area contributed by atoms with Gasteiger partial charge in [-0.05, 0) is 37.1 Å². The molecule has 0 bridgehead atoms. The minimum atomic E-state index is -0.234. The first-order valence-corrected chi connectivity index (χ1v) is 6.18. The number of hydrogen-bond donors (Lipinski definition) is 1. The largest absolute Gasteiger partial charge is 0.310 e. The molecule has 0 saturated heterocycles. The topological polar surface area (TPSA) is 12.0 Å². The van der Waals surface area contributed by atoms with Gasteiger partial charge in [0.2, 0.25) is 0 Å². The molecule has 0 aliphatic carbocycles. The summed E-state index contributed by atoms with van der Waals surface area (Å²) in [4.78, 5) is 0. The zero-order valence-electron chi connectivity index (χ0n) is 9.89. The van der Waals surface area contributed by atoms with Crippen molar-refractivity contribution in [3.8, 4) is 0 Å². The van der Waals surface area contributed by atoms with E-state index >= 15 is 0 Å². The molecule has 0 aliphatic heterocycles. The summed E-state index contributed by atoms with van der Waals surface area (Å²) in [5, 5.41) is 3.97. The van der Waals surface area contributed by atoms with Gasteiger partial charge in [-0.3, -0.25) is 0 Å². The van der Waals surface area contributed by atoms with E-state index in [0.717, 1.165) is 12.0 Å². The predicted molar refractivity (Wildman–Crippen MR) is 67.2 cm³/mol. The predicted octanol–water partition coefficient (Wildman–Crippen LogP) is 4.15. The van der Waals surface area contributed by atoms with Crippen LogP contribution in [0.1, 0.15) is 38.7 Å². The maximum absolute atomic E-state index is 13.0. The molecule has 0 aliphatic rings. The molecule has 0 heterocycles. The lowest BCUT2D eigenvalue weighted by molar-refractivity contribution is 0.494. The minimum absolute atomic E-state index is 0.234. The van der Waals surface area contributed by atoms with Crippen molar-refractivity contribution < 1.29 is 4.39 Å². The molecule has 1 N–H and O–H groups in total. The van der Waals surface area contributed by atoms with Crippen LogP contribution in [0.3, 0.4) is 0 Å². The highest BCUT2D eigenvalue weighted by atomic mass is 35.5. The molecular weight excluding hydrogens is 225 g/mol. The lowest BCUT2D eigenvalue weighted by Crippen LogP contribution is -2.25. The average Bonchev–Trinajstić information content (AvgIpc) is 2.27. The van der Waals surface area contributed by atoms with E-state index in [1.807, 2.05) is 0 Å². The molecule has 0 spiro atoms. The van der Waals surface area contributed by atoms with Gasteiger partial charge in [0.25, 0.3) is 0 Å². The maximum atomic E-state index is 13.0. The van der Waals surface area contributed by atoms with Crippen LogP contribution in [0.5, 0.6) is 0 Å². The highest BCUT2D eigenvalue weighted by Gasteiger charge is 2.04. The summed E-state index contributed by atoms with van der Waals surface area (Å²) in [6, 6.07) is 4.91. The molecule has 1 unspecified atom stereocenters. The van der Waals surface area contributed by atoms with Crippen LogP contribution >= 0.6 is 11.6 Å². The molecule has 90 valence electrons. The fourth-order valence-corrected chi connectivity index (χ4v) is 1.76. The number of benzene rings is 1. The Kier molecular flexibility index (Phi) is 5.78. The Morgan fingerprint density at radius 2 is 2.19 bits per heavy atom. The van der Waals surface area contributed by atoms with Crippen molar-refractivity contribution in [2.24, 2.45) is 0 Å². The van der Waals surface area contributed by atoms with E-state index < -0.39 is 0 Å². The molecule has 0 fully saturated rings. The van der Waals surface area contributed by atoms with Crippen molar-refractivity contribution in [1.82, 2.24) is 5.32 Å². The Morgan fingerprint density at radius 3 is 2.88 bits per heavy atom. The summed E-state index contributed by atoms with van der Waals surface area (Å²) in [6.07, 6.45) is 3.56. The van der Waals surface area contributed by atoms with Crippen LogP contribution in [0.4, 0.5) is 4.39 Å². The zero-order chi connectivity index (χ0) is 12.0. The summed E-state index contributed by atoms with van der Waals surface area (Å²) in [7, 11) is 0. The van der Waals surface area contributed by atoms with Gasteiger partial charge in [-0.25, -0.2) is 4.39 Å². The van der Waals surface area contributed by atoms with E-state index in [4.69, 9.17) is 11.6 Å². The Hall–Kier alpha value is -0.600. The first-order valence-electron chi connectivity index (χ1n) is 5.80. The molecule has 0 aromatic heterocycles. The summed E-state index contributed by atoms with van der Waals surface area (Å²) in [5.41, 5.74) is 0.824. The number of halogens is 2. The Morgan fingerprint density at radius 1 is 1.44 bits per heavy atom. The normalized spacial score (nSPS) is 12.8. The van der Waals surface area contributed by atoms with Crippen molar-refractivity contribution in [3.05, 3.63) is 34.6 Å². The Bertz CT molecular complexity index is 328. The summed E-state index contributed by atoms with van der Waals surface area (Å²) >= 11 is 5.98. The van der Waals surface area contributed by atoms with Gasteiger partial charge in [-0.1, -0.05) is 31.4 Å². The second-order valence-corrected chi connectivity index (χ2v) is 4.57. The number of rotatable bonds is 6. The third-order valence-corrected chi connectivity index (χ3v) is 3.01. The molecule has 0 radical (unpaired) electrons. The number of hydrogen-bond acceptors (Lipinski definition) is 1. The lowest BCUT2D eigenvalue weighted by Gasteiger charge is -2.14. The highest BCUT2D eigenvalue weighted by molar-refractivity contribution is 6.31. The van der Waals surface area contributed by atoms with Gasteiger partial charge in [0, 0.05) is 17.6 Å². The van der Waals surface area contributed by atoms with Gasteiger partial charge in [0.15, 0.2) is 0 Å². The van der Waals surface area contributed by atoms with E-state index in [9.17, 15) is 4.39 Å². The van der Waals surface area contributed by atoms with Crippen LogP contribution in [0.15, 0.2) is 18.2 Å². The van der Waals surface area contributed by atoms with Gasteiger partial charge in [0.05, 0.1) is 0 Å². The van der Waals surface area contributed by atoms with Gasteiger partial charge in [-0.15, -0.1) is 0 Å². The fraction of sp³-hybridized carbons (Fsp3) is 0.538. The van der Waals surface area contributed by atoms with E-state index in [0.29, 0.717) is 17.6 Å². The van der Waals surface area contributed by atoms with E-state index in [2.05, 4.69) is 19.2 Å². The molecule has 1 atom stereocenters. The van der Waals surface area contributed by atoms with E-state index in [-0.39, 0.29) is 5.82 Å². The van der Waals surface area contributed by atoms with E-state index in [1.54, 1.807) is 6.07 Å². The summed E-state index contributed by atoms with van der Waals surface area (Å²) in [6.45, 7) is 4.94. The number of nitrogens with one attached hydrogen (secondary N) is 1. The smallest absolute Gasteiger partial charge is 0.123 e. The molecule has 1 aromatic rings. The SMILES string of the molecule is CCCCC(C)NCc1cc(F)ccc1Cl. The molecule has 1 aromatic carbocycles. The van der Waals surface area contributed by atoms with Crippen LogP contribution in [-0.4, -0.2) is 6.04 Å². The Labute approximate surface area is 102 Å². The van der Waals surface area contributed by atoms with Gasteiger partial charge in [0.1, 0.15) is 5.82 Å². The van der Waals surface area contributed by atoms with Crippen LogP contribution in [0.2, 0.25) is 5.02 Å². The molecular formula is C13H19ClFN. The van der Waals surface area contributed by atoms with Crippen molar-refractivity contribution >= 4 is 11.6 Å². The molecule has 1 nitrogen and oxygen atoms in total. The fourth-order valence-electron chi connectivity index (χ4n) is 1.58. The van der Waals surface area contributed by atoms with Crippen LogP contribution in [0.25, 0.3) is 0 Å². The quantitative estimate of drug-likeness (QED) is 0.792. The van der Waals surface area contributed by atoms with Crippen LogP contribution in [-0.2, 0) is 6.54 Å². The maximum Gasteiger partial charge on any atom is 0.123 e. The third-order valence-electron chi connectivity index (χ3n) is 2.64. The monoisotopic (exact) mass is 243 g/mol. The van der Waals surface area contributed by atoms with Crippen molar-refractivity contribution in [2.45, 2.75) is 45.7 Å². The van der Waals surface area contributed by atoms with Gasteiger partial charge in [-0.2, -0.15) is 0 Å². The van der Waals surface area contributed by atoms with Crippen LogP contribution < -0.4 is 5.32 Å². The molecule has 0 saturated carbocycles. The van der Waals surface area contributed by atoms with Crippen LogP contribution in [0, 0.1) is 5.82 Å². The molecule has 0 amide bonds. The van der Waals surface area contributed by atoms with Crippen molar-refractivity contribution in [3.63, 3.8) is 0 Å². The Balaban J connectivity index is 2.44. The second-order valence-electron chi connectivity index (χ2n) is 4.16. The second kappa shape index (κ2) is 6.87. The molecule has 1 rings (SSSR count). The highest BCUT2D eigenvalue weighted by Crippen LogP contribution is 2.17. The zero-order valence-corrected chi connectivity index (χ0v) is 10.6.